The number of amides is 2. The first kappa shape index (κ1) is 18.1. The molecule has 0 saturated carbocycles. The molecule has 0 aliphatic carbocycles. The summed E-state index contributed by atoms with van der Waals surface area (Å²) in [6.45, 7) is 1.32. The summed E-state index contributed by atoms with van der Waals surface area (Å²) < 4.78 is 4.72. The Balaban J connectivity index is 1.40. The molecule has 0 radical (unpaired) electrons. The van der Waals surface area contributed by atoms with Crippen molar-refractivity contribution in [3.63, 3.8) is 0 Å². The van der Waals surface area contributed by atoms with E-state index in [0.29, 0.717) is 43.5 Å². The maximum atomic E-state index is 12.9. The van der Waals surface area contributed by atoms with E-state index in [1.54, 1.807) is 23.0 Å². The Bertz CT molecular complexity index is 988. The lowest BCUT2D eigenvalue weighted by atomic mass is 9.95. The van der Waals surface area contributed by atoms with Gasteiger partial charge in [0.05, 0.1) is 18.2 Å². The van der Waals surface area contributed by atoms with Crippen LogP contribution < -0.4 is 0 Å². The average Bonchev–Trinajstić information content (AvgIpc) is 3.18. The molecular formula is C20H21N5O3. The van der Waals surface area contributed by atoms with Crippen LogP contribution in [0.3, 0.4) is 0 Å². The molecule has 144 valence electrons. The summed E-state index contributed by atoms with van der Waals surface area (Å²) in [5.41, 5.74) is 3.14. The van der Waals surface area contributed by atoms with Gasteiger partial charge < -0.3 is 9.80 Å². The maximum absolute atomic E-state index is 12.9. The molecule has 1 aromatic carbocycles. The van der Waals surface area contributed by atoms with Crippen molar-refractivity contribution < 1.29 is 14.2 Å². The minimum absolute atomic E-state index is 0.0388. The van der Waals surface area contributed by atoms with Crippen molar-refractivity contribution in [2.45, 2.75) is 25.9 Å². The number of rotatable bonds is 5. The van der Waals surface area contributed by atoms with Crippen LogP contribution in [0.1, 0.15) is 24.1 Å². The predicted molar refractivity (Wildman–Crippen MR) is 101 cm³/mol. The number of hydrogen-bond donors (Lipinski definition) is 0. The Morgan fingerprint density at radius 2 is 2.11 bits per heavy atom. The molecule has 1 saturated heterocycles. The number of nitrogens with zero attached hydrogens (tertiary/aromatic N) is 5. The van der Waals surface area contributed by atoms with Gasteiger partial charge in [-0.1, -0.05) is 12.1 Å². The summed E-state index contributed by atoms with van der Waals surface area (Å²) in [5, 5.41) is 7.63. The van der Waals surface area contributed by atoms with Crippen molar-refractivity contribution in [1.29, 1.82) is 0 Å². The number of hydrogen-bond acceptors (Lipinski definition) is 6. The van der Waals surface area contributed by atoms with Crippen molar-refractivity contribution in [2.75, 3.05) is 13.6 Å². The zero-order valence-corrected chi connectivity index (χ0v) is 15.6. The molecule has 1 fully saturated rings. The van der Waals surface area contributed by atoms with Crippen LogP contribution in [0.25, 0.3) is 11.0 Å². The van der Waals surface area contributed by atoms with Crippen LogP contribution in [-0.2, 0) is 22.7 Å². The molecule has 0 N–H and O–H groups in total. The van der Waals surface area contributed by atoms with Crippen molar-refractivity contribution >= 4 is 22.8 Å². The SMILES string of the molecule is CN(Cc1ccc2nonc2c1)C(=O)[C@@H]1CCC(=O)N(Cc2ccccn2)C1. The van der Waals surface area contributed by atoms with Crippen LogP contribution in [0.5, 0.6) is 0 Å². The molecule has 8 nitrogen and oxygen atoms in total. The third-order valence-corrected chi connectivity index (χ3v) is 5.04. The van der Waals surface area contributed by atoms with E-state index in [1.165, 1.54) is 0 Å². The molecule has 2 amide bonds. The standard InChI is InChI=1S/C20H21N5O3/c1-24(11-14-5-7-17-18(10-14)23-28-22-17)20(27)15-6-8-19(26)25(12-15)13-16-4-2-3-9-21-16/h2-5,7,9-10,15H,6,8,11-13H2,1H3/t15-/m1/s1. The first-order valence-electron chi connectivity index (χ1n) is 9.24. The summed E-state index contributed by atoms with van der Waals surface area (Å²) in [4.78, 5) is 32.9. The third-order valence-electron chi connectivity index (χ3n) is 5.04. The Labute approximate surface area is 162 Å². The lowest BCUT2D eigenvalue weighted by molar-refractivity contribution is -0.143. The van der Waals surface area contributed by atoms with E-state index >= 15 is 0 Å². The third kappa shape index (κ3) is 3.85. The van der Waals surface area contributed by atoms with E-state index in [1.807, 2.05) is 36.4 Å². The van der Waals surface area contributed by atoms with Crippen molar-refractivity contribution in [1.82, 2.24) is 25.1 Å². The van der Waals surface area contributed by atoms with Crippen LogP contribution in [0.2, 0.25) is 0 Å². The molecule has 1 atom stereocenters. The monoisotopic (exact) mass is 379 g/mol. The fourth-order valence-corrected chi connectivity index (χ4v) is 3.55. The number of carbonyl (C=O) groups is 2. The van der Waals surface area contributed by atoms with Gasteiger partial charge in [-0.2, -0.15) is 0 Å². The Hall–Kier alpha value is -3.29. The highest BCUT2D eigenvalue weighted by Crippen LogP contribution is 2.22. The van der Waals surface area contributed by atoms with Gasteiger partial charge in [-0.05, 0) is 46.6 Å². The molecule has 0 bridgehead atoms. The fourth-order valence-electron chi connectivity index (χ4n) is 3.55. The zero-order chi connectivity index (χ0) is 19.5. The van der Waals surface area contributed by atoms with E-state index in [0.717, 1.165) is 11.3 Å². The van der Waals surface area contributed by atoms with Crippen LogP contribution in [0, 0.1) is 5.92 Å². The first-order chi connectivity index (χ1) is 13.6. The van der Waals surface area contributed by atoms with Crippen molar-refractivity contribution in [3.05, 3.63) is 53.9 Å². The lowest BCUT2D eigenvalue weighted by Crippen LogP contribution is -2.45. The summed E-state index contributed by atoms with van der Waals surface area (Å²) in [6.07, 6.45) is 2.67. The van der Waals surface area contributed by atoms with Gasteiger partial charge >= 0.3 is 0 Å². The van der Waals surface area contributed by atoms with Gasteiger partial charge in [0.2, 0.25) is 11.8 Å². The highest BCUT2D eigenvalue weighted by atomic mass is 16.6. The van der Waals surface area contributed by atoms with Gasteiger partial charge in [0.15, 0.2) is 0 Å². The lowest BCUT2D eigenvalue weighted by Gasteiger charge is -2.33. The number of piperidine rings is 1. The quantitative estimate of drug-likeness (QED) is 0.673. The first-order valence-corrected chi connectivity index (χ1v) is 9.24. The zero-order valence-electron chi connectivity index (χ0n) is 15.6. The molecule has 4 rings (SSSR count). The molecule has 2 aromatic heterocycles. The summed E-state index contributed by atoms with van der Waals surface area (Å²) in [7, 11) is 1.78. The molecule has 3 aromatic rings. The van der Waals surface area contributed by atoms with Gasteiger partial charge in [0.25, 0.3) is 0 Å². The van der Waals surface area contributed by atoms with E-state index in [9.17, 15) is 9.59 Å². The average molecular weight is 379 g/mol. The van der Waals surface area contributed by atoms with Gasteiger partial charge in [0.1, 0.15) is 11.0 Å². The molecule has 0 unspecified atom stereocenters. The topological polar surface area (TPSA) is 92.4 Å². The molecular weight excluding hydrogens is 358 g/mol. The molecule has 3 heterocycles. The molecule has 0 spiro atoms. The summed E-state index contributed by atoms with van der Waals surface area (Å²) in [6, 6.07) is 11.2. The second-order valence-electron chi connectivity index (χ2n) is 7.11. The largest absolute Gasteiger partial charge is 0.341 e. The number of pyridine rings is 1. The molecule has 1 aliphatic rings. The highest BCUT2D eigenvalue weighted by molar-refractivity contribution is 5.84. The minimum atomic E-state index is -0.205. The molecule has 1 aliphatic heterocycles. The number of carbonyl (C=O) groups excluding carboxylic acids is 2. The predicted octanol–water partition coefficient (Wildman–Crippen LogP) is 2.01. The van der Waals surface area contributed by atoms with Crippen LogP contribution in [0.15, 0.2) is 47.2 Å². The summed E-state index contributed by atoms with van der Waals surface area (Å²) >= 11 is 0. The van der Waals surface area contributed by atoms with Gasteiger partial charge in [0, 0.05) is 32.8 Å². The molecule has 28 heavy (non-hydrogen) atoms. The Kier molecular flexibility index (Phi) is 5.01. The number of benzene rings is 1. The number of fused-ring (bicyclic) bond motifs is 1. The second kappa shape index (κ2) is 7.75. The van der Waals surface area contributed by atoms with Gasteiger partial charge in [-0.25, -0.2) is 4.63 Å². The van der Waals surface area contributed by atoms with Crippen molar-refractivity contribution in [2.24, 2.45) is 5.92 Å². The second-order valence-corrected chi connectivity index (χ2v) is 7.11. The number of likely N-dealkylation sites (tertiary alicyclic amines) is 1. The maximum Gasteiger partial charge on any atom is 0.227 e. The van der Waals surface area contributed by atoms with Crippen LogP contribution >= 0.6 is 0 Å². The van der Waals surface area contributed by atoms with E-state index in [4.69, 9.17) is 4.63 Å². The normalized spacial score (nSPS) is 17.1. The highest BCUT2D eigenvalue weighted by Gasteiger charge is 2.32. The van der Waals surface area contributed by atoms with E-state index < -0.39 is 0 Å². The van der Waals surface area contributed by atoms with E-state index in [2.05, 4.69) is 15.3 Å². The molecule has 8 heteroatoms. The number of aromatic nitrogens is 3. The Morgan fingerprint density at radius 1 is 1.25 bits per heavy atom. The van der Waals surface area contributed by atoms with Crippen LogP contribution in [0.4, 0.5) is 0 Å². The minimum Gasteiger partial charge on any atom is -0.341 e. The summed E-state index contributed by atoms with van der Waals surface area (Å²) in [5.74, 6) is -0.0953. The fraction of sp³-hybridized carbons (Fsp3) is 0.350. The van der Waals surface area contributed by atoms with Gasteiger partial charge in [-0.3, -0.25) is 14.6 Å². The Morgan fingerprint density at radius 3 is 2.93 bits per heavy atom. The van der Waals surface area contributed by atoms with Crippen molar-refractivity contribution in [3.8, 4) is 0 Å². The van der Waals surface area contributed by atoms with Crippen LogP contribution in [-0.4, -0.2) is 50.5 Å². The smallest absolute Gasteiger partial charge is 0.227 e. The van der Waals surface area contributed by atoms with Gasteiger partial charge in [-0.15, -0.1) is 0 Å². The van der Waals surface area contributed by atoms with E-state index in [-0.39, 0.29) is 17.7 Å².